The highest BCUT2D eigenvalue weighted by atomic mass is 32.2. The van der Waals surface area contributed by atoms with E-state index in [0.717, 1.165) is 83.0 Å². The molecule has 5 atom stereocenters. The highest BCUT2D eigenvalue weighted by Crippen LogP contribution is 2.35. The molecule has 0 aromatic carbocycles. The number of aromatic nitrogens is 3. The SMILES string of the molecule is CCC1=C(C(C)SCC(N)C(=O)NC)C2/C=c3\[nH]/c(c(CCC(=O)O)c3C)=C\c3[nH]c(c(C)c3CCC(=O)O)/C=c3\[nH]/c(c(C(C)SCC(N)C(=O)NC)c3C)=C\C1=N2. The first kappa shape index (κ1) is 45.3. The van der Waals surface area contributed by atoms with Crippen molar-refractivity contribution < 1.29 is 29.4 Å². The molecule has 0 fully saturated rings. The number of nitrogens with one attached hydrogen (secondary N) is 5. The highest BCUT2D eigenvalue weighted by Gasteiger charge is 2.31. The quantitative estimate of drug-likeness (QED) is 0.0947. The van der Waals surface area contributed by atoms with Crippen LogP contribution in [0, 0.1) is 20.8 Å². The number of fused-ring (bicyclic) bond motifs is 7. The predicted molar refractivity (Wildman–Crippen MR) is 238 cm³/mol. The van der Waals surface area contributed by atoms with Gasteiger partial charge in [-0.05, 0) is 123 Å². The van der Waals surface area contributed by atoms with Crippen LogP contribution in [0.2, 0.25) is 0 Å². The number of hydrogen-bond donors (Lipinski definition) is 9. The van der Waals surface area contributed by atoms with Gasteiger partial charge >= 0.3 is 11.9 Å². The lowest BCUT2D eigenvalue weighted by atomic mass is 9.96. The number of aliphatic carboxylic acids is 2. The lowest BCUT2D eigenvalue weighted by Crippen LogP contribution is -2.41. The number of amides is 2. The van der Waals surface area contributed by atoms with Gasteiger partial charge in [-0.3, -0.25) is 24.2 Å². The summed E-state index contributed by atoms with van der Waals surface area (Å²) >= 11 is 3.20. The van der Waals surface area contributed by atoms with Gasteiger partial charge in [0.25, 0.3) is 0 Å². The third-order valence-corrected chi connectivity index (χ3v) is 13.9. The van der Waals surface area contributed by atoms with Crippen molar-refractivity contribution in [3.8, 4) is 0 Å². The van der Waals surface area contributed by atoms with Crippen molar-refractivity contribution in [1.82, 2.24) is 25.6 Å². The van der Waals surface area contributed by atoms with E-state index in [1.807, 2.05) is 26.0 Å². The number of H-pyrrole nitrogens is 3. The zero-order valence-electron chi connectivity index (χ0n) is 35.1. The molecule has 318 valence electrons. The van der Waals surface area contributed by atoms with E-state index in [1.165, 1.54) is 0 Å². The van der Waals surface area contributed by atoms with Gasteiger partial charge in [0, 0.05) is 81.7 Å². The molecule has 0 saturated heterocycles. The second kappa shape index (κ2) is 19.5. The summed E-state index contributed by atoms with van der Waals surface area (Å²) in [4.78, 5) is 64.7. The number of carbonyl (C=O) groups is 4. The third kappa shape index (κ3) is 10.2. The Bertz CT molecular complexity index is 2440. The van der Waals surface area contributed by atoms with E-state index in [1.54, 1.807) is 37.6 Å². The van der Waals surface area contributed by atoms with Crippen LogP contribution in [0.4, 0.5) is 0 Å². The Balaban J connectivity index is 1.83. The number of carboxylic acid groups (broad SMARTS) is 2. The summed E-state index contributed by atoms with van der Waals surface area (Å²) in [5.41, 5.74) is 22.6. The Labute approximate surface area is 352 Å². The van der Waals surface area contributed by atoms with Gasteiger partial charge in [-0.2, -0.15) is 23.5 Å². The number of nitrogens with two attached hydrogens (primary N) is 2. The minimum atomic E-state index is -0.906. The molecule has 0 aliphatic carbocycles. The van der Waals surface area contributed by atoms with Crippen LogP contribution in [0.5, 0.6) is 0 Å². The van der Waals surface area contributed by atoms with Crippen LogP contribution in [-0.4, -0.2) is 104 Å². The van der Waals surface area contributed by atoms with Crippen molar-refractivity contribution in [2.24, 2.45) is 16.5 Å². The number of hydrogen-bond acceptors (Lipinski definition) is 9. The second-order valence-electron chi connectivity index (χ2n) is 15.1. The maximum atomic E-state index is 12.4. The van der Waals surface area contributed by atoms with E-state index in [0.29, 0.717) is 24.3 Å². The first-order valence-corrected chi connectivity index (χ1v) is 22.1. The fraction of sp³-hybridized carbons (Fsp3) is 0.465. The number of likely N-dealkylation sites (N-methyl/N-ethyl adjacent to an activating group) is 2. The normalized spacial score (nSPS) is 19.1. The molecule has 5 unspecified atom stereocenters. The fourth-order valence-electron chi connectivity index (χ4n) is 7.98. The van der Waals surface area contributed by atoms with Gasteiger partial charge in [-0.25, -0.2) is 0 Å². The third-order valence-electron chi connectivity index (χ3n) is 11.3. The Kier molecular flexibility index (Phi) is 15.0. The molecule has 16 heteroatoms. The average molecular weight is 847 g/mol. The largest absolute Gasteiger partial charge is 0.481 e. The van der Waals surface area contributed by atoms with Crippen LogP contribution in [0.15, 0.2) is 16.1 Å². The van der Waals surface area contributed by atoms with E-state index in [2.05, 4.69) is 65.4 Å². The van der Waals surface area contributed by atoms with Gasteiger partial charge in [0.1, 0.15) is 0 Å². The van der Waals surface area contributed by atoms with Gasteiger partial charge in [-0.15, -0.1) is 0 Å². The van der Waals surface area contributed by atoms with Gasteiger partial charge in [0.05, 0.1) is 23.8 Å². The van der Waals surface area contributed by atoms with E-state index in [4.69, 9.17) is 16.5 Å². The molecule has 5 rings (SSSR count). The molecule has 0 spiro atoms. The monoisotopic (exact) mass is 846 g/mol. The van der Waals surface area contributed by atoms with Crippen LogP contribution >= 0.6 is 23.5 Å². The number of aliphatic imine (C=N–C) groups is 1. The van der Waals surface area contributed by atoms with Crippen molar-refractivity contribution >= 4 is 77.3 Å². The lowest BCUT2D eigenvalue weighted by Gasteiger charge is -2.20. The minimum Gasteiger partial charge on any atom is -0.481 e. The summed E-state index contributed by atoms with van der Waals surface area (Å²) in [5.74, 6) is -1.45. The van der Waals surface area contributed by atoms with Crippen molar-refractivity contribution in [2.75, 3.05) is 25.6 Å². The number of allylic oxidation sites excluding steroid dienone is 1. The topological polar surface area (TPSA) is 245 Å². The summed E-state index contributed by atoms with van der Waals surface area (Å²) in [6, 6.07) is -1.76. The fourth-order valence-corrected chi connectivity index (χ4v) is 10.2. The van der Waals surface area contributed by atoms with E-state index in [9.17, 15) is 29.4 Å². The first-order chi connectivity index (χ1) is 28.0. The average Bonchev–Trinajstić information content (AvgIpc) is 3.89. The van der Waals surface area contributed by atoms with Gasteiger partial charge in [0.2, 0.25) is 11.8 Å². The Morgan fingerprint density at radius 3 is 1.88 bits per heavy atom. The zero-order chi connectivity index (χ0) is 43.3. The van der Waals surface area contributed by atoms with Crippen LogP contribution in [-0.2, 0) is 32.0 Å². The van der Waals surface area contributed by atoms with Crippen LogP contribution in [0.1, 0.15) is 90.1 Å². The predicted octanol–water partition coefficient (Wildman–Crippen LogP) is 1.46. The van der Waals surface area contributed by atoms with Crippen LogP contribution in [0.25, 0.3) is 24.3 Å². The Hall–Kier alpha value is -4.77. The summed E-state index contributed by atoms with van der Waals surface area (Å²) in [6.45, 7) is 12.4. The molecule has 5 heterocycles. The van der Waals surface area contributed by atoms with E-state index in [-0.39, 0.29) is 41.6 Å². The number of rotatable bonds is 17. The molecule has 2 amide bonds. The van der Waals surface area contributed by atoms with Gasteiger partial charge < -0.3 is 47.3 Å². The van der Waals surface area contributed by atoms with Gasteiger partial charge in [0.15, 0.2) is 0 Å². The zero-order valence-corrected chi connectivity index (χ0v) is 36.7. The lowest BCUT2D eigenvalue weighted by molar-refractivity contribution is -0.138. The van der Waals surface area contributed by atoms with Crippen molar-refractivity contribution in [3.63, 3.8) is 0 Å². The number of carboxylic acids is 2. The molecule has 0 saturated carbocycles. The molecular weight excluding hydrogens is 789 g/mol. The van der Waals surface area contributed by atoms with Crippen LogP contribution < -0.4 is 43.5 Å². The number of aromatic amines is 3. The molecular formula is C43H58N8O6S2. The summed E-state index contributed by atoms with van der Waals surface area (Å²) in [7, 11) is 3.15. The summed E-state index contributed by atoms with van der Waals surface area (Å²) < 4.78 is 0. The van der Waals surface area contributed by atoms with Crippen molar-refractivity contribution in [2.45, 2.75) is 102 Å². The maximum Gasteiger partial charge on any atom is 0.303 e. The molecule has 11 N–H and O–H groups in total. The molecule has 3 aromatic heterocycles. The molecule has 0 radical (unpaired) electrons. The number of nitrogens with zero attached hydrogens (tertiary/aromatic N) is 1. The first-order valence-electron chi connectivity index (χ1n) is 20.0. The maximum absolute atomic E-state index is 12.4. The smallest absolute Gasteiger partial charge is 0.303 e. The van der Waals surface area contributed by atoms with Gasteiger partial charge in [-0.1, -0.05) is 6.92 Å². The minimum absolute atomic E-state index is 0.0633. The molecule has 59 heavy (non-hydrogen) atoms. The Morgan fingerprint density at radius 2 is 1.31 bits per heavy atom. The van der Waals surface area contributed by atoms with Crippen molar-refractivity contribution in [3.05, 3.63) is 77.3 Å². The number of carbonyl (C=O) groups excluding carboxylic acids is 2. The summed E-state index contributed by atoms with van der Waals surface area (Å²) in [5, 5.41) is 27.8. The Morgan fingerprint density at radius 1 is 0.746 bits per heavy atom. The summed E-state index contributed by atoms with van der Waals surface area (Å²) in [6.07, 6.45) is 9.36. The molecule has 14 nitrogen and oxygen atoms in total. The molecule has 8 bridgehead atoms. The van der Waals surface area contributed by atoms with E-state index < -0.39 is 30.1 Å². The second-order valence-corrected chi connectivity index (χ2v) is 17.9. The highest BCUT2D eigenvalue weighted by molar-refractivity contribution is 8.00. The van der Waals surface area contributed by atoms with Crippen molar-refractivity contribution in [1.29, 1.82) is 0 Å². The molecule has 3 aromatic rings. The molecule has 2 aliphatic rings. The van der Waals surface area contributed by atoms with E-state index >= 15 is 0 Å². The van der Waals surface area contributed by atoms with Crippen LogP contribution in [0.3, 0.4) is 0 Å². The standard InChI is InChI=1S/C43H58N8O6S2/c1-9-25-33-17-36-40(23(5)58-18-28(44)42(56)46-7)22(4)32(50-36)14-30-20(2)26(10-12-38(52)53)34(48-30)16-35-27(11-13-39(54)55)21(3)31(49-35)15-37(51-33)41(25)24(6)59-19-29(45)43(57)47-8/h14-17,23-24,28-29,37,48-50H,9-13,18-19,44-45H2,1-8H3,(H,46,56)(H,47,57)(H,52,53)(H,54,55)/b31-15-,32-14-,35-16-,36-17-. The number of thioether (sulfide) groups is 2. The molecule has 2 aliphatic heterocycles.